The molecule has 0 saturated heterocycles. The molecule has 0 unspecified atom stereocenters. The van der Waals surface area contributed by atoms with Gasteiger partial charge in [-0.1, -0.05) is 0 Å². The van der Waals surface area contributed by atoms with Crippen LogP contribution in [0.1, 0.15) is 6.92 Å². The molecule has 0 amide bonds. The summed E-state index contributed by atoms with van der Waals surface area (Å²) in [6.45, 7) is 2.01. The molecule has 0 aliphatic rings. The van der Waals surface area contributed by atoms with E-state index in [2.05, 4.69) is 0 Å². The predicted octanol–water partition coefficient (Wildman–Crippen LogP) is 1.97. The molecule has 0 bridgehead atoms. The van der Waals surface area contributed by atoms with Crippen LogP contribution in [-0.2, 0) is 0 Å². The summed E-state index contributed by atoms with van der Waals surface area (Å²) in [5.41, 5.74) is 0. The van der Waals surface area contributed by atoms with Gasteiger partial charge >= 0.3 is 44.7 Å². The molecule has 0 aromatic heterocycles. The Balaban J connectivity index is 2.54. The van der Waals surface area contributed by atoms with Gasteiger partial charge in [-0.2, -0.15) is 0 Å². The molecule has 0 fully saturated rings. The fraction of sp³-hybridized carbons (Fsp3) is 1.00. The first-order valence-corrected chi connectivity index (χ1v) is 8.44. The second kappa shape index (κ2) is 3.32. The maximum absolute atomic E-state index is 5.39. The number of halogens is 2. The molecule has 3 heteroatoms. The topological polar surface area (TPSA) is 0 Å². The Morgan fingerprint density at radius 2 is 1.80 bits per heavy atom. The minimum atomic E-state index is -1.41. The SMILES string of the molecule is C[CH2][Ge]([Cl])[Cl]. The van der Waals surface area contributed by atoms with E-state index in [1.165, 1.54) is 0 Å². The van der Waals surface area contributed by atoms with E-state index < -0.39 is 12.5 Å². The zero-order chi connectivity index (χ0) is 4.28. The molecule has 0 aromatic rings. The van der Waals surface area contributed by atoms with Crippen LogP contribution < -0.4 is 0 Å². The average molecular weight is 173 g/mol. The van der Waals surface area contributed by atoms with Gasteiger partial charge in [-0.3, -0.25) is 0 Å². The second-order valence-electron chi connectivity index (χ2n) is 0.692. The van der Waals surface area contributed by atoms with Crippen molar-refractivity contribution >= 4 is 32.5 Å². The Bertz CT molecular complexity index is 21.6. The van der Waals surface area contributed by atoms with Crippen LogP contribution in [0.3, 0.4) is 0 Å². The minimum absolute atomic E-state index is 1.00. The van der Waals surface area contributed by atoms with E-state index in [0.29, 0.717) is 0 Å². The Morgan fingerprint density at radius 1 is 1.60 bits per heavy atom. The van der Waals surface area contributed by atoms with Crippen LogP contribution in [0.2, 0.25) is 5.25 Å². The zero-order valence-corrected chi connectivity index (χ0v) is 6.57. The Hall–Kier alpha value is 1.12. The number of rotatable bonds is 1. The van der Waals surface area contributed by atoms with Gasteiger partial charge in [0.05, 0.1) is 0 Å². The fourth-order valence-corrected chi connectivity index (χ4v) is 0. The van der Waals surface area contributed by atoms with Gasteiger partial charge in [0.1, 0.15) is 0 Å². The summed E-state index contributed by atoms with van der Waals surface area (Å²) in [6, 6.07) is 0. The van der Waals surface area contributed by atoms with E-state index in [-0.39, 0.29) is 0 Å². The molecule has 0 aliphatic heterocycles. The fourth-order valence-electron chi connectivity index (χ4n) is 0. The predicted molar refractivity (Wildman–Crippen MR) is 27.9 cm³/mol. The van der Waals surface area contributed by atoms with Crippen molar-refractivity contribution in [3.63, 3.8) is 0 Å². The van der Waals surface area contributed by atoms with Gasteiger partial charge < -0.3 is 0 Å². The molecule has 0 aromatic carbocycles. The van der Waals surface area contributed by atoms with Crippen molar-refractivity contribution < 1.29 is 0 Å². The van der Waals surface area contributed by atoms with Gasteiger partial charge in [0.25, 0.3) is 0 Å². The summed E-state index contributed by atoms with van der Waals surface area (Å²) in [7, 11) is 10.8. The normalized spacial score (nSPS) is 9.60. The molecule has 0 saturated carbocycles. The third kappa shape index (κ3) is 5.12. The van der Waals surface area contributed by atoms with Crippen molar-refractivity contribution in [1.29, 1.82) is 0 Å². The summed E-state index contributed by atoms with van der Waals surface area (Å²) in [6.07, 6.45) is 0. The molecular formula is C2H5Cl2Ge. The summed E-state index contributed by atoms with van der Waals surface area (Å²) in [5, 5.41) is 1.00. The van der Waals surface area contributed by atoms with E-state index in [0.717, 1.165) is 5.25 Å². The summed E-state index contributed by atoms with van der Waals surface area (Å²) in [4.78, 5) is 0. The van der Waals surface area contributed by atoms with Crippen molar-refractivity contribution in [3.8, 4) is 0 Å². The van der Waals surface area contributed by atoms with Gasteiger partial charge in [0.15, 0.2) is 0 Å². The van der Waals surface area contributed by atoms with Crippen LogP contribution in [0.4, 0.5) is 0 Å². The van der Waals surface area contributed by atoms with Crippen LogP contribution in [-0.4, -0.2) is 12.5 Å². The van der Waals surface area contributed by atoms with E-state index >= 15 is 0 Å². The van der Waals surface area contributed by atoms with E-state index in [4.69, 9.17) is 20.0 Å². The zero-order valence-electron chi connectivity index (χ0n) is 2.96. The van der Waals surface area contributed by atoms with Crippen molar-refractivity contribution in [3.05, 3.63) is 0 Å². The van der Waals surface area contributed by atoms with Crippen molar-refractivity contribution in [2.24, 2.45) is 0 Å². The van der Waals surface area contributed by atoms with E-state index in [9.17, 15) is 0 Å². The average Bonchev–Trinajstić information content (AvgIpc) is 1.38. The van der Waals surface area contributed by atoms with Crippen LogP contribution in [0.15, 0.2) is 0 Å². The van der Waals surface area contributed by atoms with Gasteiger partial charge in [-0.25, -0.2) is 0 Å². The van der Waals surface area contributed by atoms with Gasteiger partial charge in [0, 0.05) is 0 Å². The van der Waals surface area contributed by atoms with Gasteiger partial charge in [0.2, 0.25) is 0 Å². The first-order chi connectivity index (χ1) is 2.27. The van der Waals surface area contributed by atoms with Crippen molar-refractivity contribution in [2.45, 2.75) is 12.2 Å². The molecule has 0 spiro atoms. The monoisotopic (exact) mass is 173 g/mol. The standard InChI is InChI=1S/C2H5Cl2Ge/c1-2-5(3)4/h2H2,1H3. The Morgan fingerprint density at radius 3 is 1.80 bits per heavy atom. The molecule has 0 rings (SSSR count). The Kier molecular flexibility index (Phi) is 4.06. The van der Waals surface area contributed by atoms with E-state index in [1.54, 1.807) is 0 Å². The summed E-state index contributed by atoms with van der Waals surface area (Å²) >= 11 is -1.41. The summed E-state index contributed by atoms with van der Waals surface area (Å²) < 4.78 is 0. The third-order valence-corrected chi connectivity index (χ3v) is 4.17. The first kappa shape index (κ1) is 6.12. The Labute approximate surface area is 44.9 Å². The quantitative estimate of drug-likeness (QED) is 0.531. The van der Waals surface area contributed by atoms with E-state index in [1.807, 2.05) is 6.92 Å². The first-order valence-electron chi connectivity index (χ1n) is 1.44. The molecule has 0 nitrogen and oxygen atoms in total. The molecule has 0 aliphatic carbocycles. The molecule has 5 heavy (non-hydrogen) atoms. The molecule has 31 valence electrons. The summed E-state index contributed by atoms with van der Waals surface area (Å²) in [5.74, 6) is 0. The third-order valence-electron chi connectivity index (χ3n) is 0.267. The molecule has 0 N–H and O–H groups in total. The van der Waals surface area contributed by atoms with Crippen molar-refractivity contribution in [1.82, 2.24) is 0 Å². The van der Waals surface area contributed by atoms with Crippen LogP contribution >= 0.6 is 20.0 Å². The number of hydrogen-bond donors (Lipinski definition) is 0. The van der Waals surface area contributed by atoms with Crippen LogP contribution in [0.25, 0.3) is 0 Å². The van der Waals surface area contributed by atoms with Crippen LogP contribution in [0, 0.1) is 0 Å². The van der Waals surface area contributed by atoms with Gasteiger partial charge in [-0.15, -0.1) is 0 Å². The number of hydrogen-bond acceptors (Lipinski definition) is 0. The second-order valence-corrected chi connectivity index (χ2v) is 9.34. The molecule has 0 atom stereocenters. The molecule has 1 radical (unpaired) electrons. The van der Waals surface area contributed by atoms with Gasteiger partial charge in [-0.05, 0) is 0 Å². The van der Waals surface area contributed by atoms with Crippen LogP contribution in [0.5, 0.6) is 0 Å². The van der Waals surface area contributed by atoms with Crippen molar-refractivity contribution in [2.75, 3.05) is 0 Å². The molecular weight excluding hydrogens is 168 g/mol. The maximum atomic E-state index is 5.39. The molecule has 0 heterocycles.